The van der Waals surface area contributed by atoms with Crippen molar-refractivity contribution in [2.75, 3.05) is 0 Å². The SMILES string of the molecule is CCC(C)(C)NC(=O)C1(C#N)CC1. The molecule has 72 valence electrons. The first-order valence-electron chi connectivity index (χ1n) is 4.70. The number of nitrogens with zero attached hydrogens (tertiary/aromatic N) is 1. The zero-order valence-electron chi connectivity index (χ0n) is 8.48. The van der Waals surface area contributed by atoms with Gasteiger partial charge < -0.3 is 5.32 Å². The third-order valence-corrected chi connectivity index (χ3v) is 2.73. The lowest BCUT2D eigenvalue weighted by atomic mass is 9.99. The Bertz CT molecular complexity index is 259. The second-order valence-corrected chi connectivity index (χ2v) is 4.39. The number of carbonyl (C=O) groups is 1. The van der Waals surface area contributed by atoms with Gasteiger partial charge in [0.1, 0.15) is 5.41 Å². The Hall–Kier alpha value is -1.04. The van der Waals surface area contributed by atoms with Crippen molar-refractivity contribution in [3.05, 3.63) is 0 Å². The van der Waals surface area contributed by atoms with Crippen LogP contribution < -0.4 is 5.32 Å². The van der Waals surface area contributed by atoms with Crippen molar-refractivity contribution < 1.29 is 4.79 Å². The van der Waals surface area contributed by atoms with E-state index in [-0.39, 0.29) is 11.4 Å². The lowest BCUT2D eigenvalue weighted by Crippen LogP contribution is -2.46. The Labute approximate surface area is 79.1 Å². The number of hydrogen-bond acceptors (Lipinski definition) is 2. The van der Waals surface area contributed by atoms with E-state index in [1.807, 2.05) is 20.8 Å². The molecule has 1 saturated carbocycles. The lowest BCUT2D eigenvalue weighted by Gasteiger charge is -2.25. The highest BCUT2D eigenvalue weighted by atomic mass is 16.2. The van der Waals surface area contributed by atoms with Gasteiger partial charge in [-0.05, 0) is 33.1 Å². The van der Waals surface area contributed by atoms with Crippen molar-refractivity contribution in [2.45, 2.75) is 45.6 Å². The van der Waals surface area contributed by atoms with Crippen LogP contribution >= 0.6 is 0 Å². The smallest absolute Gasteiger partial charge is 0.240 e. The molecule has 0 saturated heterocycles. The first-order valence-corrected chi connectivity index (χ1v) is 4.70. The maximum absolute atomic E-state index is 11.6. The molecule has 0 aliphatic heterocycles. The van der Waals surface area contributed by atoms with Gasteiger partial charge in [0.25, 0.3) is 0 Å². The van der Waals surface area contributed by atoms with E-state index in [1.165, 1.54) is 0 Å². The molecule has 3 heteroatoms. The minimum atomic E-state index is -0.688. The van der Waals surface area contributed by atoms with E-state index in [0.29, 0.717) is 0 Å². The van der Waals surface area contributed by atoms with Crippen LogP contribution in [0.4, 0.5) is 0 Å². The van der Waals surface area contributed by atoms with Crippen molar-refractivity contribution in [1.82, 2.24) is 5.32 Å². The van der Waals surface area contributed by atoms with Crippen LogP contribution in [0, 0.1) is 16.7 Å². The molecule has 0 aromatic heterocycles. The molecular weight excluding hydrogens is 164 g/mol. The normalized spacial score (nSPS) is 18.9. The standard InChI is InChI=1S/C10H16N2O/c1-4-9(2,3)12-8(13)10(7-11)5-6-10/h4-6H2,1-3H3,(H,12,13). The van der Waals surface area contributed by atoms with Gasteiger partial charge in [-0.3, -0.25) is 4.79 Å². The maximum atomic E-state index is 11.6. The molecule has 3 nitrogen and oxygen atoms in total. The molecular formula is C10H16N2O. The van der Waals surface area contributed by atoms with Crippen LogP contribution in [0.15, 0.2) is 0 Å². The van der Waals surface area contributed by atoms with E-state index in [2.05, 4.69) is 11.4 Å². The van der Waals surface area contributed by atoms with Crippen LogP contribution in [0.25, 0.3) is 0 Å². The van der Waals surface area contributed by atoms with E-state index in [4.69, 9.17) is 5.26 Å². The number of hydrogen-bond donors (Lipinski definition) is 1. The Morgan fingerprint density at radius 2 is 2.15 bits per heavy atom. The van der Waals surface area contributed by atoms with Gasteiger partial charge in [0.05, 0.1) is 6.07 Å². The fourth-order valence-electron chi connectivity index (χ4n) is 1.03. The number of nitriles is 1. The predicted octanol–water partition coefficient (Wildman–Crippen LogP) is 1.59. The van der Waals surface area contributed by atoms with Crippen molar-refractivity contribution in [2.24, 2.45) is 5.41 Å². The highest BCUT2D eigenvalue weighted by molar-refractivity contribution is 5.88. The summed E-state index contributed by atoms with van der Waals surface area (Å²) in [6.07, 6.45) is 2.31. The minimum Gasteiger partial charge on any atom is -0.350 e. The van der Waals surface area contributed by atoms with E-state index < -0.39 is 5.41 Å². The molecule has 0 aromatic rings. The first kappa shape index (κ1) is 10.0. The summed E-state index contributed by atoms with van der Waals surface area (Å²) in [4.78, 5) is 11.6. The summed E-state index contributed by atoms with van der Waals surface area (Å²) in [5.41, 5.74) is -0.879. The van der Waals surface area contributed by atoms with Gasteiger partial charge in [-0.25, -0.2) is 0 Å². The molecule has 0 atom stereocenters. The molecule has 0 unspecified atom stereocenters. The Morgan fingerprint density at radius 1 is 1.62 bits per heavy atom. The quantitative estimate of drug-likeness (QED) is 0.717. The molecule has 0 aromatic carbocycles. The van der Waals surface area contributed by atoms with Gasteiger partial charge in [0, 0.05) is 5.54 Å². The largest absolute Gasteiger partial charge is 0.350 e. The molecule has 1 aliphatic rings. The topological polar surface area (TPSA) is 52.9 Å². The van der Waals surface area contributed by atoms with Crippen LogP contribution in [-0.2, 0) is 4.79 Å². The van der Waals surface area contributed by atoms with Gasteiger partial charge in [0.15, 0.2) is 0 Å². The molecule has 1 N–H and O–H groups in total. The second kappa shape index (κ2) is 3.02. The minimum absolute atomic E-state index is 0.0955. The highest BCUT2D eigenvalue weighted by Gasteiger charge is 2.51. The molecule has 1 amide bonds. The van der Waals surface area contributed by atoms with Crippen molar-refractivity contribution >= 4 is 5.91 Å². The van der Waals surface area contributed by atoms with E-state index in [9.17, 15) is 4.79 Å². The summed E-state index contributed by atoms with van der Waals surface area (Å²) < 4.78 is 0. The van der Waals surface area contributed by atoms with E-state index in [0.717, 1.165) is 19.3 Å². The number of nitrogens with one attached hydrogen (secondary N) is 1. The molecule has 1 rings (SSSR count). The Balaban J connectivity index is 2.57. The third-order valence-electron chi connectivity index (χ3n) is 2.73. The zero-order chi connectivity index (χ0) is 10.1. The summed E-state index contributed by atoms with van der Waals surface area (Å²) >= 11 is 0. The summed E-state index contributed by atoms with van der Waals surface area (Å²) in [7, 11) is 0. The summed E-state index contributed by atoms with van der Waals surface area (Å²) in [6, 6.07) is 2.09. The molecule has 0 bridgehead atoms. The molecule has 0 spiro atoms. The monoisotopic (exact) mass is 180 g/mol. The molecule has 0 heterocycles. The van der Waals surface area contributed by atoms with Crippen LogP contribution in [0.5, 0.6) is 0 Å². The van der Waals surface area contributed by atoms with Crippen LogP contribution in [-0.4, -0.2) is 11.4 Å². The fraction of sp³-hybridized carbons (Fsp3) is 0.800. The fourth-order valence-corrected chi connectivity index (χ4v) is 1.03. The molecule has 1 aliphatic carbocycles. The van der Waals surface area contributed by atoms with Crippen LogP contribution in [0.3, 0.4) is 0 Å². The van der Waals surface area contributed by atoms with Crippen molar-refractivity contribution in [3.8, 4) is 6.07 Å². The number of amides is 1. The average Bonchev–Trinajstić information content (AvgIpc) is 2.84. The molecule has 1 fully saturated rings. The van der Waals surface area contributed by atoms with E-state index in [1.54, 1.807) is 0 Å². The first-order chi connectivity index (χ1) is 5.96. The average molecular weight is 180 g/mol. The van der Waals surface area contributed by atoms with Crippen LogP contribution in [0.2, 0.25) is 0 Å². The van der Waals surface area contributed by atoms with E-state index >= 15 is 0 Å². The summed E-state index contributed by atoms with van der Waals surface area (Å²) in [5.74, 6) is -0.0955. The number of carbonyl (C=O) groups excluding carboxylic acids is 1. The maximum Gasteiger partial charge on any atom is 0.240 e. The van der Waals surface area contributed by atoms with Crippen molar-refractivity contribution in [3.63, 3.8) is 0 Å². The second-order valence-electron chi connectivity index (χ2n) is 4.39. The number of rotatable bonds is 3. The van der Waals surface area contributed by atoms with Gasteiger partial charge in [-0.15, -0.1) is 0 Å². The third kappa shape index (κ3) is 2.00. The zero-order valence-corrected chi connectivity index (χ0v) is 8.48. The molecule has 13 heavy (non-hydrogen) atoms. The van der Waals surface area contributed by atoms with Gasteiger partial charge >= 0.3 is 0 Å². The van der Waals surface area contributed by atoms with Gasteiger partial charge in [0.2, 0.25) is 5.91 Å². The predicted molar refractivity (Wildman–Crippen MR) is 49.8 cm³/mol. The van der Waals surface area contributed by atoms with Crippen LogP contribution in [0.1, 0.15) is 40.0 Å². The van der Waals surface area contributed by atoms with Crippen molar-refractivity contribution in [1.29, 1.82) is 5.26 Å². The Kier molecular flexibility index (Phi) is 2.34. The summed E-state index contributed by atoms with van der Waals surface area (Å²) in [5, 5.41) is 11.7. The van der Waals surface area contributed by atoms with Gasteiger partial charge in [-0.2, -0.15) is 5.26 Å². The van der Waals surface area contributed by atoms with Gasteiger partial charge in [-0.1, -0.05) is 6.92 Å². The highest BCUT2D eigenvalue weighted by Crippen LogP contribution is 2.45. The summed E-state index contributed by atoms with van der Waals surface area (Å²) in [6.45, 7) is 5.96. The Morgan fingerprint density at radius 3 is 2.46 bits per heavy atom. The lowest BCUT2D eigenvalue weighted by molar-refractivity contribution is -0.126. The molecule has 0 radical (unpaired) electrons.